The summed E-state index contributed by atoms with van der Waals surface area (Å²) >= 11 is 1.75. The van der Waals surface area contributed by atoms with Crippen LogP contribution >= 0.6 is 11.3 Å². The van der Waals surface area contributed by atoms with Crippen LogP contribution in [0.3, 0.4) is 0 Å². The van der Waals surface area contributed by atoms with Crippen molar-refractivity contribution in [2.45, 2.75) is 0 Å². The number of hydrogen-bond acceptors (Lipinski definition) is 4. The lowest BCUT2D eigenvalue weighted by Gasteiger charge is -2.13. The quantitative estimate of drug-likeness (QED) is 0.192. The molecule has 0 N–H and O–H groups in total. The third-order valence-electron chi connectivity index (χ3n) is 9.77. The van der Waals surface area contributed by atoms with E-state index < -0.39 is 0 Å². The first-order valence-corrected chi connectivity index (χ1v) is 17.2. The molecule has 5 nitrogen and oxygen atoms in total. The molecule has 0 spiro atoms. The van der Waals surface area contributed by atoms with Gasteiger partial charge in [-0.15, -0.1) is 11.3 Å². The van der Waals surface area contributed by atoms with Crippen molar-refractivity contribution >= 4 is 86.2 Å². The Bertz CT molecular complexity index is 3100. The summed E-state index contributed by atoms with van der Waals surface area (Å²) in [6, 6.07) is 51.2. The second-order valence-corrected chi connectivity index (χ2v) is 13.4. The predicted molar refractivity (Wildman–Crippen MR) is 204 cm³/mol. The van der Waals surface area contributed by atoms with E-state index in [1.165, 1.54) is 42.7 Å². The minimum absolute atomic E-state index is 0.654. The van der Waals surface area contributed by atoms with Crippen LogP contribution in [0.1, 0.15) is 0 Å². The second-order valence-electron chi connectivity index (χ2n) is 12.4. The fraction of sp³-hybridized carbons (Fsp3) is 0. The van der Waals surface area contributed by atoms with Crippen molar-refractivity contribution in [3.8, 4) is 22.9 Å². The number of rotatable bonds is 3. The third kappa shape index (κ3) is 3.66. The lowest BCUT2D eigenvalue weighted by molar-refractivity contribution is 1.02. The number of para-hydroxylation sites is 4. The molecule has 11 rings (SSSR count). The Labute approximate surface area is 284 Å². The minimum atomic E-state index is 0.654. The molecule has 0 atom stereocenters. The molecule has 6 aromatic carbocycles. The topological polar surface area (TPSA) is 48.5 Å². The van der Waals surface area contributed by atoms with Crippen LogP contribution < -0.4 is 0 Å². The zero-order valence-corrected chi connectivity index (χ0v) is 26.9. The maximum Gasteiger partial charge on any atom is 0.235 e. The number of benzene rings is 6. The summed E-state index contributed by atoms with van der Waals surface area (Å²) in [4.78, 5) is 16.6. The molecule has 6 heteroatoms. The number of thiophene rings is 1. The van der Waals surface area contributed by atoms with Crippen molar-refractivity contribution in [2.24, 2.45) is 0 Å². The van der Waals surface area contributed by atoms with E-state index in [4.69, 9.17) is 15.0 Å². The van der Waals surface area contributed by atoms with Gasteiger partial charge >= 0.3 is 0 Å². The molecule has 0 saturated heterocycles. The van der Waals surface area contributed by atoms with Crippen LogP contribution in [0, 0.1) is 0 Å². The molecular formula is C43H25N5S. The van der Waals surface area contributed by atoms with Crippen molar-refractivity contribution in [3.05, 3.63) is 152 Å². The van der Waals surface area contributed by atoms with E-state index in [2.05, 4.69) is 143 Å². The normalized spacial score (nSPS) is 12.1. The van der Waals surface area contributed by atoms with Gasteiger partial charge in [0.25, 0.3) is 0 Å². The lowest BCUT2D eigenvalue weighted by Crippen LogP contribution is -2.03. The largest absolute Gasteiger partial charge is 0.309 e. The average molecular weight is 644 g/mol. The molecule has 5 heterocycles. The van der Waals surface area contributed by atoms with Gasteiger partial charge in [-0.2, -0.15) is 0 Å². The number of aromatic nitrogens is 5. The Kier molecular flexibility index (Phi) is 5.48. The van der Waals surface area contributed by atoms with Crippen molar-refractivity contribution in [2.75, 3.05) is 0 Å². The molecule has 0 saturated carbocycles. The van der Waals surface area contributed by atoms with Crippen LogP contribution in [0.15, 0.2) is 152 Å². The van der Waals surface area contributed by atoms with Crippen LogP contribution in [-0.4, -0.2) is 24.1 Å². The monoisotopic (exact) mass is 643 g/mol. The van der Waals surface area contributed by atoms with Crippen molar-refractivity contribution in [1.29, 1.82) is 0 Å². The highest BCUT2D eigenvalue weighted by Gasteiger charge is 2.27. The van der Waals surface area contributed by atoms with E-state index in [1.807, 2.05) is 18.3 Å². The number of nitrogens with zero attached hydrogens (tertiary/aromatic N) is 5. The van der Waals surface area contributed by atoms with E-state index in [9.17, 15) is 0 Å². The summed E-state index contributed by atoms with van der Waals surface area (Å²) in [6.45, 7) is 0. The Morgan fingerprint density at radius 3 is 1.86 bits per heavy atom. The zero-order valence-electron chi connectivity index (χ0n) is 26.1. The first-order valence-electron chi connectivity index (χ1n) is 16.4. The first-order chi connectivity index (χ1) is 24.3. The minimum Gasteiger partial charge on any atom is -0.309 e. The van der Waals surface area contributed by atoms with Gasteiger partial charge in [-0.1, -0.05) is 103 Å². The van der Waals surface area contributed by atoms with E-state index in [1.54, 1.807) is 11.3 Å². The summed E-state index contributed by atoms with van der Waals surface area (Å²) in [6.07, 6.45) is 1.90. The zero-order chi connectivity index (χ0) is 32.1. The maximum atomic E-state index is 5.41. The highest BCUT2D eigenvalue weighted by molar-refractivity contribution is 7.26. The summed E-state index contributed by atoms with van der Waals surface area (Å²) in [5.41, 5.74) is 8.57. The number of fused-ring (bicyclic) bond motifs is 13. The highest BCUT2D eigenvalue weighted by atomic mass is 32.1. The molecule has 0 aliphatic rings. The molecule has 11 aromatic rings. The first kappa shape index (κ1) is 26.7. The Balaban J connectivity index is 1.42. The van der Waals surface area contributed by atoms with Gasteiger partial charge in [0, 0.05) is 55.2 Å². The van der Waals surface area contributed by atoms with Crippen LogP contribution in [-0.2, 0) is 0 Å². The van der Waals surface area contributed by atoms with Crippen molar-refractivity contribution < 1.29 is 0 Å². The smallest absolute Gasteiger partial charge is 0.235 e. The van der Waals surface area contributed by atoms with Gasteiger partial charge < -0.3 is 4.57 Å². The van der Waals surface area contributed by atoms with E-state index >= 15 is 0 Å². The van der Waals surface area contributed by atoms with Crippen molar-refractivity contribution in [3.63, 3.8) is 0 Å². The molecule has 0 bridgehead atoms. The SMILES string of the molecule is c1ccc(-c2nc(-n3c4ccccc4c4c5c6ccccc6n(-c6ccccc6)c5c5c6cccnc6sc5c43)nc3ccccc23)cc1. The van der Waals surface area contributed by atoms with E-state index in [0.29, 0.717) is 5.95 Å². The average Bonchev–Trinajstić information content (AvgIpc) is 3.83. The summed E-state index contributed by atoms with van der Waals surface area (Å²) in [5.74, 6) is 0.654. The lowest BCUT2D eigenvalue weighted by atomic mass is 10.0. The second kappa shape index (κ2) is 10.1. The standard InChI is InChI=1S/C43H25N5S/c1-3-14-26(15-4-1)38-28-18-7-10-22-32(28)45-43(46-38)48-34-24-12-9-20-30(34)36-35-29-19-8-11-23-33(29)47(27-16-5-2-6-17-27)39(35)37-31-21-13-25-44-42(31)49-41(37)40(36)48/h1-25H. The number of pyridine rings is 1. The van der Waals surface area contributed by atoms with Gasteiger partial charge in [-0.05, 0) is 42.5 Å². The maximum absolute atomic E-state index is 5.41. The fourth-order valence-electron chi connectivity index (χ4n) is 7.81. The molecule has 5 aromatic heterocycles. The van der Waals surface area contributed by atoms with Gasteiger partial charge in [-0.3, -0.25) is 4.57 Å². The molecule has 0 radical (unpaired) electrons. The Morgan fingerprint density at radius 2 is 1.08 bits per heavy atom. The van der Waals surface area contributed by atoms with Crippen LogP contribution in [0.5, 0.6) is 0 Å². The molecule has 0 aliphatic heterocycles. The van der Waals surface area contributed by atoms with Gasteiger partial charge in [-0.25, -0.2) is 15.0 Å². The summed E-state index contributed by atoms with van der Waals surface area (Å²) in [5, 5.41) is 8.19. The van der Waals surface area contributed by atoms with E-state index in [-0.39, 0.29) is 0 Å². The highest BCUT2D eigenvalue weighted by Crippen LogP contribution is 2.50. The molecule has 0 amide bonds. The summed E-state index contributed by atoms with van der Waals surface area (Å²) < 4.78 is 5.91. The van der Waals surface area contributed by atoms with Crippen LogP contribution in [0.4, 0.5) is 0 Å². The van der Waals surface area contributed by atoms with Crippen molar-refractivity contribution in [1.82, 2.24) is 24.1 Å². The molecule has 0 aliphatic carbocycles. The molecule has 228 valence electrons. The van der Waals surface area contributed by atoms with Gasteiger partial charge in [0.1, 0.15) is 4.83 Å². The third-order valence-corrected chi connectivity index (χ3v) is 10.9. The van der Waals surface area contributed by atoms with E-state index in [0.717, 1.165) is 49.1 Å². The van der Waals surface area contributed by atoms with Gasteiger partial charge in [0.2, 0.25) is 5.95 Å². The molecule has 0 fully saturated rings. The predicted octanol–water partition coefficient (Wildman–Crippen LogP) is 11.3. The molecule has 49 heavy (non-hydrogen) atoms. The molecular weight excluding hydrogens is 619 g/mol. The van der Waals surface area contributed by atoms with Gasteiger partial charge in [0.15, 0.2) is 0 Å². The molecule has 0 unspecified atom stereocenters. The Morgan fingerprint density at radius 1 is 0.469 bits per heavy atom. The van der Waals surface area contributed by atoms with Crippen LogP contribution in [0.25, 0.3) is 97.7 Å². The summed E-state index contributed by atoms with van der Waals surface area (Å²) in [7, 11) is 0. The Hall–Kier alpha value is -6.37. The fourth-order valence-corrected chi connectivity index (χ4v) is 8.99. The number of hydrogen-bond donors (Lipinski definition) is 0. The van der Waals surface area contributed by atoms with Gasteiger partial charge in [0.05, 0.1) is 38.0 Å². The van der Waals surface area contributed by atoms with Crippen LogP contribution in [0.2, 0.25) is 0 Å².